The van der Waals surface area contributed by atoms with Gasteiger partial charge in [-0.1, -0.05) is 11.6 Å². The third-order valence-corrected chi connectivity index (χ3v) is 5.53. The SMILES string of the molecule is COc1ccc(-c2nc(-c3ccc(OC)cc3Cl)c(C)n2-c2ccc(OC)cc2)cc1. The van der Waals surface area contributed by atoms with Crippen LogP contribution in [0.2, 0.25) is 5.02 Å². The highest BCUT2D eigenvalue weighted by atomic mass is 35.5. The van der Waals surface area contributed by atoms with Crippen LogP contribution in [0.3, 0.4) is 0 Å². The molecule has 4 rings (SSSR count). The second-order valence-electron chi connectivity index (χ2n) is 6.98. The summed E-state index contributed by atoms with van der Waals surface area (Å²) in [6, 6.07) is 21.4. The number of methoxy groups -OCH3 is 3. The molecule has 0 fully saturated rings. The number of rotatable bonds is 6. The topological polar surface area (TPSA) is 45.5 Å². The molecule has 0 spiro atoms. The highest BCUT2D eigenvalue weighted by molar-refractivity contribution is 6.33. The first-order valence-electron chi connectivity index (χ1n) is 9.77. The number of nitrogens with zero attached hydrogens (tertiary/aromatic N) is 2. The summed E-state index contributed by atoms with van der Waals surface area (Å²) in [5, 5.41) is 0.586. The quantitative estimate of drug-likeness (QED) is 0.362. The largest absolute Gasteiger partial charge is 0.497 e. The van der Waals surface area contributed by atoms with E-state index in [9.17, 15) is 0 Å². The van der Waals surface area contributed by atoms with Crippen molar-refractivity contribution in [1.82, 2.24) is 9.55 Å². The number of halogens is 1. The van der Waals surface area contributed by atoms with E-state index in [1.54, 1.807) is 27.4 Å². The zero-order chi connectivity index (χ0) is 22.0. The van der Waals surface area contributed by atoms with Crippen LogP contribution in [0.4, 0.5) is 0 Å². The molecule has 0 saturated heterocycles. The van der Waals surface area contributed by atoms with Crippen LogP contribution in [0.25, 0.3) is 28.3 Å². The van der Waals surface area contributed by atoms with Gasteiger partial charge in [-0.05, 0) is 73.7 Å². The van der Waals surface area contributed by atoms with Gasteiger partial charge in [0.2, 0.25) is 0 Å². The Kier molecular flexibility index (Phi) is 5.87. The molecule has 1 heterocycles. The van der Waals surface area contributed by atoms with Gasteiger partial charge in [-0.15, -0.1) is 0 Å². The molecule has 0 aliphatic heterocycles. The highest BCUT2D eigenvalue weighted by Gasteiger charge is 2.20. The van der Waals surface area contributed by atoms with E-state index >= 15 is 0 Å². The summed E-state index contributed by atoms with van der Waals surface area (Å²) in [5.41, 5.74) is 4.59. The van der Waals surface area contributed by atoms with Crippen LogP contribution < -0.4 is 14.2 Å². The second kappa shape index (κ2) is 8.74. The minimum Gasteiger partial charge on any atom is -0.497 e. The average Bonchev–Trinajstić information content (AvgIpc) is 3.15. The van der Waals surface area contributed by atoms with E-state index in [2.05, 4.69) is 4.57 Å². The van der Waals surface area contributed by atoms with Gasteiger partial charge in [-0.25, -0.2) is 4.98 Å². The van der Waals surface area contributed by atoms with Crippen LogP contribution in [0.15, 0.2) is 66.7 Å². The van der Waals surface area contributed by atoms with Crippen LogP contribution in [0.5, 0.6) is 17.2 Å². The van der Waals surface area contributed by atoms with Crippen molar-refractivity contribution in [3.05, 3.63) is 77.4 Å². The number of aromatic nitrogens is 2. The minimum absolute atomic E-state index is 0.586. The van der Waals surface area contributed by atoms with Crippen molar-refractivity contribution in [2.45, 2.75) is 6.92 Å². The first-order valence-corrected chi connectivity index (χ1v) is 10.2. The molecule has 0 N–H and O–H groups in total. The Bertz CT molecular complexity index is 1200. The fraction of sp³-hybridized carbons (Fsp3) is 0.160. The van der Waals surface area contributed by atoms with Crippen LogP contribution >= 0.6 is 11.6 Å². The summed E-state index contributed by atoms with van der Waals surface area (Å²) in [5.74, 6) is 3.11. The van der Waals surface area contributed by atoms with E-state index in [0.29, 0.717) is 10.8 Å². The van der Waals surface area contributed by atoms with Crippen molar-refractivity contribution >= 4 is 11.6 Å². The number of imidazole rings is 1. The fourth-order valence-electron chi connectivity index (χ4n) is 3.55. The lowest BCUT2D eigenvalue weighted by Gasteiger charge is -2.12. The minimum atomic E-state index is 0.586. The summed E-state index contributed by atoms with van der Waals surface area (Å²) in [6.45, 7) is 2.04. The van der Waals surface area contributed by atoms with Gasteiger partial charge in [-0.2, -0.15) is 0 Å². The molecule has 0 amide bonds. The molecule has 3 aromatic carbocycles. The zero-order valence-electron chi connectivity index (χ0n) is 17.8. The Balaban J connectivity index is 1.92. The Hall–Kier alpha value is -3.44. The van der Waals surface area contributed by atoms with Gasteiger partial charge in [0.15, 0.2) is 0 Å². The molecule has 0 unspecified atom stereocenters. The van der Waals surface area contributed by atoms with Gasteiger partial charge in [-0.3, -0.25) is 4.57 Å². The molecule has 5 nitrogen and oxygen atoms in total. The van der Waals surface area contributed by atoms with E-state index in [1.165, 1.54) is 0 Å². The maximum Gasteiger partial charge on any atom is 0.145 e. The van der Waals surface area contributed by atoms with Crippen LogP contribution in [-0.2, 0) is 0 Å². The Morgan fingerprint density at radius 1 is 0.742 bits per heavy atom. The van der Waals surface area contributed by atoms with E-state index in [-0.39, 0.29) is 0 Å². The number of benzene rings is 3. The monoisotopic (exact) mass is 434 g/mol. The molecule has 0 aliphatic rings. The summed E-state index contributed by atoms with van der Waals surface area (Å²) in [7, 11) is 4.93. The van der Waals surface area contributed by atoms with E-state index in [4.69, 9.17) is 30.8 Å². The predicted octanol–water partition coefficient (Wildman–Crippen LogP) is 6.19. The molecule has 0 aliphatic carbocycles. The molecule has 0 bridgehead atoms. The fourth-order valence-corrected chi connectivity index (χ4v) is 3.81. The van der Waals surface area contributed by atoms with Gasteiger partial charge in [0.05, 0.1) is 32.0 Å². The van der Waals surface area contributed by atoms with Gasteiger partial charge >= 0.3 is 0 Å². The van der Waals surface area contributed by atoms with E-state index in [0.717, 1.165) is 45.5 Å². The molecule has 0 saturated carbocycles. The van der Waals surface area contributed by atoms with Gasteiger partial charge in [0.1, 0.15) is 23.1 Å². The van der Waals surface area contributed by atoms with Crippen molar-refractivity contribution in [1.29, 1.82) is 0 Å². The smallest absolute Gasteiger partial charge is 0.145 e. The standard InChI is InChI=1S/C25H23ClN2O3/c1-16-24(22-14-13-21(31-4)15-23(22)26)27-25(17-5-9-19(29-2)10-6-17)28(16)18-7-11-20(30-3)12-8-18/h5-15H,1-4H3. The van der Waals surface area contributed by atoms with Crippen LogP contribution in [-0.4, -0.2) is 30.9 Å². The number of hydrogen-bond acceptors (Lipinski definition) is 4. The molecule has 158 valence electrons. The molecule has 0 radical (unpaired) electrons. The predicted molar refractivity (Wildman–Crippen MR) is 124 cm³/mol. The highest BCUT2D eigenvalue weighted by Crippen LogP contribution is 2.37. The van der Waals surface area contributed by atoms with Crippen LogP contribution in [0.1, 0.15) is 5.69 Å². The number of ether oxygens (including phenoxy) is 3. The normalized spacial score (nSPS) is 10.7. The maximum atomic E-state index is 6.59. The summed E-state index contributed by atoms with van der Waals surface area (Å²) < 4.78 is 18.0. The van der Waals surface area contributed by atoms with Crippen molar-refractivity contribution in [2.24, 2.45) is 0 Å². The number of hydrogen-bond donors (Lipinski definition) is 0. The lowest BCUT2D eigenvalue weighted by Crippen LogP contribution is -2.00. The second-order valence-corrected chi connectivity index (χ2v) is 7.38. The van der Waals surface area contributed by atoms with Gasteiger partial charge in [0.25, 0.3) is 0 Å². The first-order chi connectivity index (χ1) is 15.0. The molecule has 31 heavy (non-hydrogen) atoms. The molecular formula is C25H23ClN2O3. The van der Waals surface area contributed by atoms with E-state index < -0.39 is 0 Å². The third-order valence-electron chi connectivity index (χ3n) is 5.22. The van der Waals surface area contributed by atoms with Crippen molar-refractivity contribution in [3.63, 3.8) is 0 Å². The van der Waals surface area contributed by atoms with Gasteiger partial charge < -0.3 is 14.2 Å². The molecule has 0 atom stereocenters. The lowest BCUT2D eigenvalue weighted by atomic mass is 10.1. The molecular weight excluding hydrogens is 412 g/mol. The summed E-state index contributed by atoms with van der Waals surface area (Å²) >= 11 is 6.59. The Morgan fingerprint density at radius 3 is 1.84 bits per heavy atom. The van der Waals surface area contributed by atoms with Gasteiger partial charge in [0, 0.05) is 22.5 Å². The Morgan fingerprint density at radius 2 is 1.29 bits per heavy atom. The summed E-state index contributed by atoms with van der Waals surface area (Å²) in [6.07, 6.45) is 0. The Labute approximate surface area is 186 Å². The van der Waals surface area contributed by atoms with Crippen molar-refractivity contribution in [2.75, 3.05) is 21.3 Å². The van der Waals surface area contributed by atoms with Crippen molar-refractivity contribution in [3.8, 4) is 45.6 Å². The first kappa shape index (κ1) is 20.8. The van der Waals surface area contributed by atoms with Crippen molar-refractivity contribution < 1.29 is 14.2 Å². The average molecular weight is 435 g/mol. The molecule has 6 heteroatoms. The zero-order valence-corrected chi connectivity index (χ0v) is 18.6. The van der Waals surface area contributed by atoms with Crippen LogP contribution in [0, 0.1) is 6.92 Å². The molecule has 1 aromatic heterocycles. The molecule has 4 aromatic rings. The third kappa shape index (κ3) is 3.97. The lowest BCUT2D eigenvalue weighted by molar-refractivity contribution is 0.414. The summed E-state index contributed by atoms with van der Waals surface area (Å²) in [4.78, 5) is 5.01. The maximum absolute atomic E-state index is 6.59. The van der Waals surface area contributed by atoms with E-state index in [1.807, 2.05) is 67.6 Å².